The number of thiophene rings is 1. The molecule has 0 radical (unpaired) electrons. The summed E-state index contributed by atoms with van der Waals surface area (Å²) in [5, 5.41) is 9.49. The lowest BCUT2D eigenvalue weighted by Crippen LogP contribution is -2.27. The number of anilines is 1. The molecule has 0 aliphatic carbocycles. The normalized spacial score (nSPS) is 11.5. The van der Waals surface area contributed by atoms with E-state index in [-0.39, 0.29) is 23.8 Å². The summed E-state index contributed by atoms with van der Waals surface area (Å²) in [5.74, 6) is -0.538. The van der Waals surface area contributed by atoms with Gasteiger partial charge in [-0.1, -0.05) is 0 Å². The van der Waals surface area contributed by atoms with Gasteiger partial charge in [0.1, 0.15) is 5.82 Å². The molecule has 0 saturated carbocycles. The zero-order chi connectivity index (χ0) is 19.4. The van der Waals surface area contributed by atoms with Crippen molar-refractivity contribution in [3.63, 3.8) is 0 Å². The molecule has 0 atom stereocenters. The van der Waals surface area contributed by atoms with E-state index >= 15 is 0 Å². The Labute approximate surface area is 159 Å². The minimum Gasteiger partial charge on any atom is -0.309 e. The number of carbonyl (C=O) groups is 1. The summed E-state index contributed by atoms with van der Waals surface area (Å²) in [6.45, 7) is 1.91. The topological polar surface area (TPSA) is 104 Å². The fraction of sp³-hybridized carbons (Fsp3) is 0.176. The largest absolute Gasteiger partial charge is 0.309 e. The van der Waals surface area contributed by atoms with Crippen molar-refractivity contribution < 1.29 is 17.6 Å². The summed E-state index contributed by atoms with van der Waals surface area (Å²) in [6.07, 6.45) is -0.0687. The standard InChI is InChI=1S/C17H17FN4O3S2/c1-11-2-7-15(26-11)14-10-16(22-21-14)20-17(23)8-9-19-27(24,25)13-5-3-12(18)4-6-13/h2-7,10,19H,8-9H2,1H3,(H2,20,21,22,23). The molecule has 3 rings (SSSR count). The maximum absolute atomic E-state index is 12.9. The molecular formula is C17H17FN4O3S2. The van der Waals surface area contributed by atoms with Gasteiger partial charge in [-0.3, -0.25) is 9.89 Å². The number of carbonyl (C=O) groups excluding carboxylic acids is 1. The van der Waals surface area contributed by atoms with E-state index in [0.29, 0.717) is 5.82 Å². The van der Waals surface area contributed by atoms with Crippen LogP contribution in [-0.2, 0) is 14.8 Å². The van der Waals surface area contributed by atoms with Crippen molar-refractivity contribution in [1.82, 2.24) is 14.9 Å². The van der Waals surface area contributed by atoms with Crippen LogP contribution in [0.5, 0.6) is 0 Å². The van der Waals surface area contributed by atoms with E-state index in [2.05, 4.69) is 20.2 Å². The second-order valence-electron chi connectivity index (χ2n) is 5.73. The van der Waals surface area contributed by atoms with Crippen molar-refractivity contribution in [1.29, 1.82) is 0 Å². The van der Waals surface area contributed by atoms with Crippen molar-refractivity contribution in [2.45, 2.75) is 18.2 Å². The lowest BCUT2D eigenvalue weighted by atomic mass is 10.3. The Kier molecular flexibility index (Phi) is 5.68. The Bertz CT molecular complexity index is 1040. The molecule has 0 saturated heterocycles. The molecule has 3 N–H and O–H groups in total. The van der Waals surface area contributed by atoms with Crippen molar-refractivity contribution in [2.24, 2.45) is 0 Å². The minimum atomic E-state index is -3.79. The van der Waals surface area contributed by atoms with E-state index in [9.17, 15) is 17.6 Å². The number of nitrogens with zero attached hydrogens (tertiary/aromatic N) is 1. The van der Waals surface area contributed by atoms with Crippen LogP contribution in [0.1, 0.15) is 11.3 Å². The average Bonchev–Trinajstić information content (AvgIpc) is 3.24. The summed E-state index contributed by atoms with van der Waals surface area (Å²) in [6, 6.07) is 10.1. The van der Waals surface area contributed by atoms with Crippen LogP contribution in [0.15, 0.2) is 47.4 Å². The molecule has 0 bridgehead atoms. The highest BCUT2D eigenvalue weighted by molar-refractivity contribution is 7.89. The highest BCUT2D eigenvalue weighted by Crippen LogP contribution is 2.27. The van der Waals surface area contributed by atoms with Gasteiger partial charge in [-0.2, -0.15) is 5.10 Å². The van der Waals surface area contributed by atoms with E-state index in [4.69, 9.17) is 0 Å². The molecule has 2 heterocycles. The number of aryl methyl sites for hydroxylation is 1. The molecule has 10 heteroatoms. The Morgan fingerprint density at radius 2 is 1.96 bits per heavy atom. The molecule has 0 spiro atoms. The molecule has 3 aromatic rings. The van der Waals surface area contributed by atoms with E-state index in [1.807, 2.05) is 19.1 Å². The summed E-state index contributed by atoms with van der Waals surface area (Å²) < 4.78 is 39.3. The van der Waals surface area contributed by atoms with Crippen molar-refractivity contribution in [2.75, 3.05) is 11.9 Å². The van der Waals surface area contributed by atoms with Crippen LogP contribution in [0.2, 0.25) is 0 Å². The van der Waals surface area contributed by atoms with Crippen molar-refractivity contribution in [3.8, 4) is 10.6 Å². The lowest BCUT2D eigenvalue weighted by Gasteiger charge is -2.06. The van der Waals surface area contributed by atoms with Gasteiger partial charge in [-0.15, -0.1) is 11.3 Å². The van der Waals surface area contributed by atoms with E-state index < -0.39 is 15.8 Å². The Morgan fingerprint density at radius 1 is 1.22 bits per heavy atom. The molecule has 0 unspecified atom stereocenters. The highest BCUT2D eigenvalue weighted by Gasteiger charge is 2.15. The third-order valence-corrected chi connectivity index (χ3v) is 6.13. The van der Waals surface area contributed by atoms with E-state index in [1.165, 1.54) is 4.88 Å². The fourth-order valence-corrected chi connectivity index (χ4v) is 4.16. The number of sulfonamides is 1. The van der Waals surface area contributed by atoms with Gasteiger partial charge in [0.05, 0.1) is 15.5 Å². The number of nitrogens with one attached hydrogen (secondary N) is 3. The Morgan fingerprint density at radius 3 is 2.63 bits per heavy atom. The van der Waals surface area contributed by atoms with Crippen LogP contribution in [-0.4, -0.2) is 31.1 Å². The number of hydrogen-bond acceptors (Lipinski definition) is 5. The lowest BCUT2D eigenvalue weighted by molar-refractivity contribution is -0.116. The number of H-pyrrole nitrogens is 1. The Hall–Kier alpha value is -2.56. The van der Waals surface area contributed by atoms with Crippen molar-refractivity contribution >= 4 is 33.1 Å². The van der Waals surface area contributed by atoms with Crippen LogP contribution in [0, 0.1) is 12.7 Å². The number of amides is 1. The fourth-order valence-electron chi connectivity index (χ4n) is 2.29. The average molecular weight is 408 g/mol. The number of benzene rings is 1. The molecule has 0 aliphatic rings. The van der Waals surface area contributed by atoms with Gasteiger partial charge in [0.25, 0.3) is 0 Å². The quantitative estimate of drug-likeness (QED) is 0.559. The minimum absolute atomic E-state index is 0.0625. The van der Waals surface area contributed by atoms with Crippen molar-refractivity contribution in [3.05, 3.63) is 53.2 Å². The first kappa shape index (κ1) is 19.2. The van der Waals surface area contributed by atoms with Crippen LogP contribution >= 0.6 is 11.3 Å². The van der Waals surface area contributed by atoms with Gasteiger partial charge in [-0.25, -0.2) is 17.5 Å². The third-order valence-electron chi connectivity index (χ3n) is 3.62. The van der Waals surface area contributed by atoms with Crippen LogP contribution in [0.3, 0.4) is 0 Å². The van der Waals surface area contributed by atoms with Gasteiger partial charge >= 0.3 is 0 Å². The number of aromatic amines is 1. The SMILES string of the molecule is Cc1ccc(-c2cc(NC(=O)CCNS(=O)(=O)c3ccc(F)cc3)n[nH]2)s1. The second kappa shape index (κ2) is 7.99. The molecule has 0 fully saturated rings. The first-order chi connectivity index (χ1) is 12.8. The monoisotopic (exact) mass is 408 g/mol. The molecule has 27 heavy (non-hydrogen) atoms. The highest BCUT2D eigenvalue weighted by atomic mass is 32.2. The molecular weight excluding hydrogens is 391 g/mol. The predicted molar refractivity (Wildman–Crippen MR) is 101 cm³/mol. The second-order valence-corrected chi connectivity index (χ2v) is 8.78. The van der Waals surface area contributed by atoms with Gasteiger partial charge in [0, 0.05) is 23.9 Å². The summed E-state index contributed by atoms with van der Waals surface area (Å²) in [5.41, 5.74) is 0.792. The van der Waals surface area contributed by atoms with E-state index in [0.717, 1.165) is 34.8 Å². The van der Waals surface area contributed by atoms with E-state index in [1.54, 1.807) is 17.4 Å². The summed E-state index contributed by atoms with van der Waals surface area (Å²) in [4.78, 5) is 14.1. The summed E-state index contributed by atoms with van der Waals surface area (Å²) in [7, 11) is -3.79. The maximum atomic E-state index is 12.9. The van der Waals surface area contributed by atoms with Gasteiger partial charge in [0.15, 0.2) is 5.82 Å². The molecule has 1 amide bonds. The molecule has 0 aliphatic heterocycles. The maximum Gasteiger partial charge on any atom is 0.240 e. The van der Waals surface area contributed by atoms with Gasteiger partial charge in [-0.05, 0) is 43.3 Å². The van der Waals surface area contributed by atoms with Crippen LogP contribution in [0.4, 0.5) is 10.2 Å². The third kappa shape index (κ3) is 5.00. The van der Waals surface area contributed by atoms with Gasteiger partial charge in [0.2, 0.25) is 15.9 Å². The van der Waals surface area contributed by atoms with Crippen LogP contribution < -0.4 is 10.0 Å². The predicted octanol–water partition coefficient (Wildman–Crippen LogP) is 2.89. The summed E-state index contributed by atoms with van der Waals surface area (Å²) >= 11 is 1.60. The molecule has 2 aromatic heterocycles. The number of hydrogen-bond donors (Lipinski definition) is 3. The molecule has 1 aromatic carbocycles. The molecule has 7 nitrogen and oxygen atoms in total. The smallest absolute Gasteiger partial charge is 0.240 e. The zero-order valence-electron chi connectivity index (χ0n) is 14.3. The molecule has 142 valence electrons. The number of rotatable bonds is 7. The van der Waals surface area contributed by atoms with Crippen LogP contribution in [0.25, 0.3) is 10.6 Å². The van der Waals surface area contributed by atoms with Gasteiger partial charge < -0.3 is 5.32 Å². The number of aromatic nitrogens is 2. The Balaban J connectivity index is 1.51. The zero-order valence-corrected chi connectivity index (χ0v) is 16.0. The first-order valence-electron chi connectivity index (χ1n) is 8.01. The first-order valence-corrected chi connectivity index (χ1v) is 10.3. The number of halogens is 1.